The van der Waals surface area contributed by atoms with Crippen molar-refractivity contribution in [1.82, 2.24) is 5.32 Å². The maximum Gasteiger partial charge on any atom is 0.305 e. The van der Waals surface area contributed by atoms with Crippen molar-refractivity contribution >= 4 is 11.9 Å². The van der Waals surface area contributed by atoms with Gasteiger partial charge in [-0.15, -0.1) is 0 Å². The van der Waals surface area contributed by atoms with Crippen molar-refractivity contribution < 1.29 is 24.5 Å². The van der Waals surface area contributed by atoms with Gasteiger partial charge in [0.15, 0.2) is 0 Å². The van der Waals surface area contributed by atoms with Crippen LogP contribution in [0, 0.1) is 0 Å². The molecule has 0 rings (SSSR count). The zero-order valence-electron chi connectivity index (χ0n) is 55.0. The summed E-state index contributed by atoms with van der Waals surface area (Å²) in [6.07, 6.45) is 94.6. The van der Waals surface area contributed by atoms with Crippen molar-refractivity contribution in [2.45, 2.75) is 398 Å². The predicted molar refractivity (Wildman–Crippen MR) is 361 cm³/mol. The van der Waals surface area contributed by atoms with E-state index >= 15 is 0 Å². The van der Waals surface area contributed by atoms with Gasteiger partial charge in [-0.25, -0.2) is 0 Å². The van der Waals surface area contributed by atoms with Crippen LogP contribution >= 0.6 is 0 Å². The fraction of sp³-hybridized carbons (Fsp3) is 0.842. The molecule has 2 atom stereocenters. The second-order valence-corrected chi connectivity index (χ2v) is 24.9. The summed E-state index contributed by atoms with van der Waals surface area (Å²) in [6.45, 7) is 4.89. The number of nitrogens with one attached hydrogen (secondary N) is 1. The molecule has 82 heavy (non-hydrogen) atoms. The molecule has 0 fully saturated rings. The van der Waals surface area contributed by atoms with Gasteiger partial charge in [-0.1, -0.05) is 338 Å². The average molecular weight is 1150 g/mol. The number of esters is 1. The molecule has 0 heterocycles. The number of carbonyl (C=O) groups is 2. The molecule has 0 radical (unpaired) electrons. The second-order valence-electron chi connectivity index (χ2n) is 24.9. The van der Waals surface area contributed by atoms with Gasteiger partial charge >= 0.3 is 5.97 Å². The maximum atomic E-state index is 12.5. The molecule has 6 heteroatoms. The van der Waals surface area contributed by atoms with Crippen LogP contribution in [0.2, 0.25) is 0 Å². The molecule has 0 aliphatic heterocycles. The molecular weight excluding hydrogens is 1010 g/mol. The Hall–Kier alpha value is -2.44. The summed E-state index contributed by atoms with van der Waals surface area (Å²) < 4.78 is 5.50. The SMILES string of the molecule is CCCCC/C=C\C/C=C\CCCCCCCCCCCC(=O)OCCCCCCCCCCC/C=C\C/C=C\CCCCCCCCCCCCCCCCCCCC(=O)NC(CO)C(O)/C=C/CCCCCCCCCCCCC. The monoisotopic (exact) mass is 1150 g/mol. The van der Waals surface area contributed by atoms with E-state index in [2.05, 4.69) is 67.8 Å². The topological polar surface area (TPSA) is 95.9 Å². The Morgan fingerprint density at radius 3 is 0.951 bits per heavy atom. The highest BCUT2D eigenvalue weighted by Gasteiger charge is 2.18. The minimum Gasteiger partial charge on any atom is -0.466 e. The molecule has 1 amide bonds. The standard InChI is InChI=1S/C76H141NO5/c1-3-5-7-9-11-13-15-17-18-19-35-39-42-46-50-54-58-62-66-70-76(81)82-71-67-63-59-55-51-47-43-40-37-34-32-30-28-26-24-22-20-21-23-25-27-29-31-33-36-38-41-45-49-53-57-61-65-69-75(80)77-73(72-78)74(79)68-64-60-56-52-48-44-16-14-12-10-8-6-4-2/h11,13,17-18,24,26,30,32,64,68,73-74,78-79H,3-10,12,14-16,19-23,25,27-29,31,33-63,65-67,69-72H2,1-2H3,(H,77,80)/b13-11-,18-17-,26-24-,32-30-,68-64+. The number of allylic oxidation sites excluding steroid dienone is 9. The number of hydrogen-bond acceptors (Lipinski definition) is 5. The van der Waals surface area contributed by atoms with Crippen LogP contribution in [0.25, 0.3) is 0 Å². The summed E-state index contributed by atoms with van der Waals surface area (Å²) >= 11 is 0. The van der Waals surface area contributed by atoms with Crippen molar-refractivity contribution in [3.05, 3.63) is 60.8 Å². The van der Waals surface area contributed by atoms with Gasteiger partial charge in [0.1, 0.15) is 0 Å². The van der Waals surface area contributed by atoms with E-state index in [0.717, 1.165) is 57.8 Å². The van der Waals surface area contributed by atoms with Gasteiger partial charge in [0.25, 0.3) is 0 Å². The third-order valence-electron chi connectivity index (χ3n) is 16.8. The molecule has 0 saturated carbocycles. The molecule has 0 spiro atoms. The zero-order valence-corrected chi connectivity index (χ0v) is 55.0. The fourth-order valence-corrected chi connectivity index (χ4v) is 11.2. The van der Waals surface area contributed by atoms with Crippen LogP contribution in [0.5, 0.6) is 0 Å². The number of unbranched alkanes of at least 4 members (excludes halogenated alkanes) is 49. The highest BCUT2D eigenvalue weighted by atomic mass is 16.5. The Morgan fingerprint density at radius 1 is 0.341 bits per heavy atom. The van der Waals surface area contributed by atoms with E-state index in [4.69, 9.17) is 4.74 Å². The largest absolute Gasteiger partial charge is 0.466 e. The summed E-state index contributed by atoms with van der Waals surface area (Å²) in [6, 6.07) is -0.627. The molecule has 0 bridgehead atoms. The van der Waals surface area contributed by atoms with Gasteiger partial charge in [-0.3, -0.25) is 9.59 Å². The van der Waals surface area contributed by atoms with Crippen molar-refractivity contribution in [2.24, 2.45) is 0 Å². The van der Waals surface area contributed by atoms with Gasteiger partial charge in [0, 0.05) is 12.8 Å². The van der Waals surface area contributed by atoms with Gasteiger partial charge in [-0.05, 0) is 96.3 Å². The molecule has 3 N–H and O–H groups in total. The second kappa shape index (κ2) is 71.0. The van der Waals surface area contributed by atoms with Crippen molar-refractivity contribution in [1.29, 1.82) is 0 Å². The van der Waals surface area contributed by atoms with E-state index in [-0.39, 0.29) is 18.5 Å². The number of amides is 1. The molecule has 0 aromatic carbocycles. The molecule has 2 unspecified atom stereocenters. The Bertz CT molecular complexity index is 1420. The molecule has 0 aliphatic carbocycles. The average Bonchev–Trinajstić information content (AvgIpc) is 3.48. The highest BCUT2D eigenvalue weighted by molar-refractivity contribution is 5.76. The third kappa shape index (κ3) is 66.7. The van der Waals surface area contributed by atoms with Crippen LogP contribution in [-0.2, 0) is 14.3 Å². The Morgan fingerprint density at radius 2 is 0.610 bits per heavy atom. The van der Waals surface area contributed by atoms with Gasteiger partial charge < -0.3 is 20.3 Å². The van der Waals surface area contributed by atoms with E-state index in [1.54, 1.807) is 6.08 Å². The van der Waals surface area contributed by atoms with Gasteiger partial charge in [0.05, 0.1) is 25.4 Å². The summed E-state index contributed by atoms with van der Waals surface area (Å²) in [5.41, 5.74) is 0. The normalized spacial score (nSPS) is 12.9. The number of hydrogen-bond donors (Lipinski definition) is 3. The summed E-state index contributed by atoms with van der Waals surface area (Å²) in [7, 11) is 0. The Labute approximate surface area is 511 Å². The number of ether oxygens (including phenoxy) is 1. The van der Waals surface area contributed by atoms with Crippen LogP contribution in [-0.4, -0.2) is 47.4 Å². The minimum atomic E-state index is -0.843. The first-order valence-electron chi connectivity index (χ1n) is 36.6. The van der Waals surface area contributed by atoms with E-state index in [9.17, 15) is 19.8 Å². The van der Waals surface area contributed by atoms with Crippen LogP contribution < -0.4 is 5.32 Å². The van der Waals surface area contributed by atoms with Crippen molar-refractivity contribution in [3.63, 3.8) is 0 Å². The number of rotatable bonds is 68. The smallest absolute Gasteiger partial charge is 0.305 e. The predicted octanol–water partition coefficient (Wildman–Crippen LogP) is 23.8. The Kier molecular flexibility index (Phi) is 68.9. The van der Waals surface area contributed by atoms with Gasteiger partial charge in [-0.2, -0.15) is 0 Å². The van der Waals surface area contributed by atoms with Crippen LogP contribution in [0.15, 0.2) is 60.8 Å². The fourth-order valence-electron chi connectivity index (χ4n) is 11.2. The molecule has 0 aromatic heterocycles. The first-order chi connectivity index (χ1) is 40.5. The van der Waals surface area contributed by atoms with Crippen molar-refractivity contribution in [3.8, 4) is 0 Å². The number of aliphatic hydroxyl groups is 2. The van der Waals surface area contributed by atoms with Crippen LogP contribution in [0.3, 0.4) is 0 Å². The lowest BCUT2D eigenvalue weighted by molar-refractivity contribution is -0.143. The molecule has 480 valence electrons. The molecule has 0 aromatic rings. The summed E-state index contributed by atoms with van der Waals surface area (Å²) in [5, 5.41) is 23.1. The number of aliphatic hydroxyl groups excluding tert-OH is 2. The van der Waals surface area contributed by atoms with Crippen LogP contribution in [0.1, 0.15) is 386 Å². The first-order valence-corrected chi connectivity index (χ1v) is 36.6. The van der Waals surface area contributed by atoms with Crippen molar-refractivity contribution in [2.75, 3.05) is 13.2 Å². The Balaban J connectivity index is 3.38. The molecule has 0 saturated heterocycles. The molecule has 6 nitrogen and oxygen atoms in total. The third-order valence-corrected chi connectivity index (χ3v) is 16.8. The maximum absolute atomic E-state index is 12.5. The van der Waals surface area contributed by atoms with E-state index in [1.165, 1.54) is 302 Å². The lowest BCUT2D eigenvalue weighted by atomic mass is 10.0. The van der Waals surface area contributed by atoms with Crippen LogP contribution in [0.4, 0.5) is 0 Å². The lowest BCUT2D eigenvalue weighted by Crippen LogP contribution is -2.45. The molecule has 0 aliphatic rings. The van der Waals surface area contributed by atoms with Gasteiger partial charge in [0.2, 0.25) is 5.91 Å². The van der Waals surface area contributed by atoms with E-state index in [0.29, 0.717) is 19.4 Å². The summed E-state index contributed by atoms with van der Waals surface area (Å²) in [5.74, 6) is -0.0553. The zero-order chi connectivity index (χ0) is 59.2. The highest BCUT2D eigenvalue weighted by Crippen LogP contribution is 2.18. The number of carbonyl (C=O) groups excluding carboxylic acids is 2. The quantitative estimate of drug-likeness (QED) is 0.0320. The molecular formula is C76H141NO5. The minimum absolute atomic E-state index is 0.0101. The van der Waals surface area contributed by atoms with E-state index < -0.39 is 12.1 Å². The summed E-state index contributed by atoms with van der Waals surface area (Å²) in [4.78, 5) is 24.6. The first kappa shape index (κ1) is 79.6. The van der Waals surface area contributed by atoms with E-state index in [1.807, 2.05) is 6.08 Å². The lowest BCUT2D eigenvalue weighted by Gasteiger charge is -2.20.